The molecule has 0 saturated carbocycles. The number of ether oxygens (including phenoxy) is 1. The molecule has 2 aromatic heterocycles. The van der Waals surface area contributed by atoms with Crippen molar-refractivity contribution in [3.8, 4) is 33.8 Å². The number of rotatable bonds is 5. The molecule has 336 valence electrons. The van der Waals surface area contributed by atoms with Crippen LogP contribution in [0.1, 0.15) is 44.5 Å². The first-order valence-electron chi connectivity index (χ1n) is 24.7. The van der Waals surface area contributed by atoms with Crippen molar-refractivity contribution in [2.45, 2.75) is 10.8 Å². The number of furan rings is 1. The van der Waals surface area contributed by atoms with Crippen LogP contribution in [-0.4, -0.2) is 0 Å². The number of anilines is 3. The number of para-hydroxylation sites is 3. The van der Waals surface area contributed by atoms with E-state index in [4.69, 9.17) is 9.15 Å². The predicted molar refractivity (Wildman–Crippen MR) is 296 cm³/mol. The highest BCUT2D eigenvalue weighted by molar-refractivity contribution is 7.26. The molecule has 0 unspecified atom stereocenters. The number of benzene rings is 11. The molecule has 3 heterocycles. The maximum Gasteiger partial charge on any atom is 0.137 e. The van der Waals surface area contributed by atoms with Gasteiger partial charge in [0.15, 0.2) is 0 Å². The van der Waals surface area contributed by atoms with Crippen molar-refractivity contribution in [1.29, 1.82) is 0 Å². The minimum absolute atomic E-state index is 0.555. The third-order valence-electron chi connectivity index (χ3n) is 16.0. The van der Waals surface area contributed by atoms with Crippen molar-refractivity contribution >= 4 is 70.5 Å². The van der Waals surface area contributed by atoms with E-state index in [2.05, 4.69) is 248 Å². The van der Waals surface area contributed by atoms with Crippen LogP contribution >= 0.6 is 11.3 Å². The van der Waals surface area contributed by atoms with Gasteiger partial charge < -0.3 is 14.1 Å². The molecule has 13 aromatic rings. The van der Waals surface area contributed by atoms with E-state index in [0.717, 1.165) is 50.5 Å². The van der Waals surface area contributed by atoms with E-state index >= 15 is 0 Å². The Morgan fingerprint density at radius 3 is 1.68 bits per heavy atom. The van der Waals surface area contributed by atoms with Gasteiger partial charge in [-0.25, -0.2) is 0 Å². The third kappa shape index (κ3) is 5.13. The zero-order chi connectivity index (χ0) is 47.1. The van der Waals surface area contributed by atoms with E-state index in [0.29, 0.717) is 0 Å². The Morgan fingerprint density at radius 2 is 0.931 bits per heavy atom. The van der Waals surface area contributed by atoms with E-state index in [1.807, 2.05) is 17.4 Å². The van der Waals surface area contributed by atoms with E-state index in [1.54, 1.807) is 0 Å². The lowest BCUT2D eigenvalue weighted by molar-refractivity contribution is 0.436. The van der Waals surface area contributed by atoms with E-state index in [9.17, 15) is 0 Å². The van der Waals surface area contributed by atoms with Crippen LogP contribution < -0.4 is 9.64 Å². The Balaban J connectivity index is 1.00. The first-order chi connectivity index (χ1) is 35.7. The highest BCUT2D eigenvalue weighted by Crippen LogP contribution is 2.64. The lowest BCUT2D eigenvalue weighted by Crippen LogP contribution is -2.32. The second-order valence-electron chi connectivity index (χ2n) is 19.4. The molecule has 3 aliphatic rings. The van der Waals surface area contributed by atoms with Crippen LogP contribution in [0.5, 0.6) is 11.5 Å². The Morgan fingerprint density at radius 1 is 0.347 bits per heavy atom. The Hall–Kier alpha value is -8.96. The van der Waals surface area contributed by atoms with Gasteiger partial charge in [-0.1, -0.05) is 182 Å². The molecule has 0 fully saturated rings. The zero-order valence-electron chi connectivity index (χ0n) is 38.8. The molecule has 0 saturated heterocycles. The molecule has 0 N–H and O–H groups in total. The summed E-state index contributed by atoms with van der Waals surface area (Å²) >= 11 is 1.88. The largest absolute Gasteiger partial charge is 0.457 e. The number of nitrogens with zero attached hydrogens (tertiary/aromatic N) is 1. The molecule has 11 aromatic carbocycles. The fraction of sp³-hybridized carbons (Fsp3) is 0.0294. The molecule has 0 radical (unpaired) electrons. The molecular formula is C68H41NO2S. The summed E-state index contributed by atoms with van der Waals surface area (Å²) in [7, 11) is 0. The summed E-state index contributed by atoms with van der Waals surface area (Å²) in [6.07, 6.45) is 0. The van der Waals surface area contributed by atoms with Gasteiger partial charge in [0.25, 0.3) is 0 Å². The summed E-state index contributed by atoms with van der Waals surface area (Å²) in [5.41, 5.74) is 18.7. The van der Waals surface area contributed by atoms with Crippen molar-refractivity contribution in [3.05, 3.63) is 293 Å². The Bertz CT molecular complexity index is 4310. The SMILES string of the molecule is c1ccc(C2(c3ccccc3)c3ccccc3-c3c(N(c4ccc5c(c4)oc4ccccc45)c4cccc5sc6cc7c(cc6c45)-c4ccccc4C74c5ccccc5Oc5ccccc54)cccc32)cc1. The molecule has 4 heteroatoms. The summed E-state index contributed by atoms with van der Waals surface area (Å²) in [5, 5.41) is 4.67. The molecule has 0 amide bonds. The number of thiophene rings is 1. The van der Waals surface area contributed by atoms with Gasteiger partial charge in [0.1, 0.15) is 22.7 Å². The van der Waals surface area contributed by atoms with Gasteiger partial charge in [-0.2, -0.15) is 0 Å². The quantitative estimate of drug-likeness (QED) is 0.172. The fourth-order valence-corrected chi connectivity index (χ4v) is 14.4. The van der Waals surface area contributed by atoms with Crippen molar-refractivity contribution in [3.63, 3.8) is 0 Å². The van der Waals surface area contributed by atoms with Crippen LogP contribution in [0.2, 0.25) is 0 Å². The van der Waals surface area contributed by atoms with Crippen LogP contribution in [0.3, 0.4) is 0 Å². The van der Waals surface area contributed by atoms with Gasteiger partial charge in [0, 0.05) is 59.4 Å². The standard InChI is InChI=1S/C68H41NO2S/c1-3-19-42(20-4-1)67(43-21-5-2-6-22-43)52-27-11-8-25-48(52)65-55(67)30-17-31-57(65)69(44-37-38-47-46-24-9-14-33-59(46)70-62(47)39-44)58-32-18-36-63-66(58)50-40-49-45-23-7-10-26-51(45)68(56(49)41-64(50)72-63)53-28-12-15-34-60(53)71-61-35-16-13-29-54(61)68/h1-41H. The number of hydrogen-bond acceptors (Lipinski definition) is 4. The Labute approximate surface area is 420 Å². The van der Waals surface area contributed by atoms with Gasteiger partial charge >= 0.3 is 0 Å². The molecule has 0 atom stereocenters. The molecule has 2 aliphatic carbocycles. The summed E-state index contributed by atoms with van der Waals surface area (Å²) in [4.78, 5) is 2.52. The van der Waals surface area contributed by atoms with Crippen molar-refractivity contribution in [1.82, 2.24) is 0 Å². The normalized spacial score (nSPS) is 14.2. The smallest absolute Gasteiger partial charge is 0.137 e. The van der Waals surface area contributed by atoms with Gasteiger partial charge in [-0.05, 0) is 111 Å². The van der Waals surface area contributed by atoms with Crippen LogP contribution in [0.25, 0.3) is 64.4 Å². The summed E-state index contributed by atoms with van der Waals surface area (Å²) in [6.45, 7) is 0. The monoisotopic (exact) mass is 935 g/mol. The van der Waals surface area contributed by atoms with Gasteiger partial charge in [-0.3, -0.25) is 0 Å². The summed E-state index contributed by atoms with van der Waals surface area (Å²) in [5.74, 6) is 1.80. The molecule has 16 rings (SSSR count). The summed E-state index contributed by atoms with van der Waals surface area (Å²) in [6, 6.07) is 91.5. The van der Waals surface area contributed by atoms with E-state index in [1.165, 1.54) is 86.9 Å². The first-order valence-corrected chi connectivity index (χ1v) is 25.6. The summed E-state index contributed by atoms with van der Waals surface area (Å²) < 4.78 is 15.9. The minimum atomic E-state index is -0.564. The van der Waals surface area contributed by atoms with E-state index in [-0.39, 0.29) is 0 Å². The van der Waals surface area contributed by atoms with Crippen molar-refractivity contribution < 1.29 is 9.15 Å². The average molecular weight is 936 g/mol. The van der Waals surface area contributed by atoms with Gasteiger partial charge in [0.05, 0.1) is 22.2 Å². The van der Waals surface area contributed by atoms with Crippen molar-refractivity contribution in [2.75, 3.05) is 4.90 Å². The lowest BCUT2D eigenvalue weighted by atomic mass is 9.66. The maximum absolute atomic E-state index is 6.71. The topological polar surface area (TPSA) is 25.6 Å². The first kappa shape index (κ1) is 39.8. The molecular weight excluding hydrogens is 895 g/mol. The zero-order valence-corrected chi connectivity index (χ0v) is 39.7. The highest BCUT2D eigenvalue weighted by atomic mass is 32.1. The third-order valence-corrected chi connectivity index (χ3v) is 17.1. The van der Waals surface area contributed by atoms with Crippen LogP contribution in [0, 0.1) is 0 Å². The van der Waals surface area contributed by atoms with Crippen LogP contribution in [0.15, 0.2) is 253 Å². The van der Waals surface area contributed by atoms with Gasteiger partial charge in [-0.15, -0.1) is 11.3 Å². The minimum Gasteiger partial charge on any atom is -0.457 e. The second kappa shape index (κ2) is 14.8. The van der Waals surface area contributed by atoms with Crippen LogP contribution in [0.4, 0.5) is 17.1 Å². The highest BCUT2D eigenvalue weighted by Gasteiger charge is 2.52. The van der Waals surface area contributed by atoms with Crippen molar-refractivity contribution in [2.24, 2.45) is 0 Å². The molecule has 72 heavy (non-hydrogen) atoms. The predicted octanol–water partition coefficient (Wildman–Crippen LogP) is 18.3. The molecule has 1 spiro atoms. The number of fused-ring (bicyclic) bond motifs is 18. The molecule has 3 nitrogen and oxygen atoms in total. The molecule has 1 aliphatic heterocycles. The van der Waals surface area contributed by atoms with Gasteiger partial charge in [0.2, 0.25) is 0 Å². The fourth-order valence-electron chi connectivity index (χ4n) is 13.3. The van der Waals surface area contributed by atoms with E-state index < -0.39 is 10.8 Å². The second-order valence-corrected chi connectivity index (χ2v) is 20.5. The lowest BCUT2D eigenvalue weighted by Gasteiger charge is -2.39. The Kier molecular flexibility index (Phi) is 8.18. The average Bonchev–Trinajstić information content (AvgIpc) is 4.17. The number of hydrogen-bond donors (Lipinski definition) is 0. The van der Waals surface area contributed by atoms with Crippen LogP contribution in [-0.2, 0) is 10.8 Å². The maximum atomic E-state index is 6.71. The molecule has 0 bridgehead atoms.